The van der Waals surface area contributed by atoms with E-state index in [0.29, 0.717) is 0 Å². The minimum atomic E-state index is 0.830. The molecule has 0 aliphatic rings. The van der Waals surface area contributed by atoms with Crippen molar-refractivity contribution in [3.8, 4) is 33.4 Å². The minimum absolute atomic E-state index is 0.830. The minimum Gasteiger partial charge on any atom is -0.456 e. The summed E-state index contributed by atoms with van der Waals surface area (Å²) in [6, 6.07) is 65.6. The van der Waals surface area contributed by atoms with Crippen molar-refractivity contribution < 1.29 is 8.83 Å². The van der Waals surface area contributed by atoms with Crippen LogP contribution in [-0.2, 0) is 0 Å². The summed E-state index contributed by atoms with van der Waals surface area (Å²) in [5.74, 6) is 0. The van der Waals surface area contributed by atoms with Gasteiger partial charge in [-0.25, -0.2) is 0 Å². The quantitative estimate of drug-likeness (QED) is 0.173. The van der Waals surface area contributed by atoms with Gasteiger partial charge in [-0.15, -0.1) is 0 Å². The molecule has 2 nitrogen and oxygen atoms in total. The molecule has 0 aliphatic carbocycles. The zero-order valence-electron chi connectivity index (χ0n) is 29.1. The van der Waals surface area contributed by atoms with Crippen LogP contribution in [0, 0.1) is 0 Å². The van der Waals surface area contributed by atoms with Crippen molar-refractivity contribution >= 4 is 87.0 Å². The molecule has 250 valence electrons. The molecule has 0 N–H and O–H groups in total. The molecule has 0 fully saturated rings. The fourth-order valence-electron chi connectivity index (χ4n) is 9.09. The lowest BCUT2D eigenvalue weighted by molar-refractivity contribution is 0.656. The highest BCUT2D eigenvalue weighted by Crippen LogP contribution is 2.47. The zero-order valence-corrected chi connectivity index (χ0v) is 29.1. The predicted molar refractivity (Wildman–Crippen MR) is 227 cm³/mol. The molecule has 0 atom stereocenters. The fourth-order valence-corrected chi connectivity index (χ4v) is 9.09. The van der Waals surface area contributed by atoms with Crippen molar-refractivity contribution in [3.05, 3.63) is 182 Å². The lowest BCUT2D eigenvalue weighted by atomic mass is 9.84. The van der Waals surface area contributed by atoms with E-state index in [2.05, 4.69) is 182 Å². The summed E-state index contributed by atoms with van der Waals surface area (Å²) in [5.41, 5.74) is 10.7. The second-order valence-electron chi connectivity index (χ2n) is 14.3. The van der Waals surface area contributed by atoms with E-state index in [1.807, 2.05) is 0 Å². The van der Waals surface area contributed by atoms with Gasteiger partial charge in [0.1, 0.15) is 22.3 Å². The molecule has 0 radical (unpaired) electrons. The van der Waals surface area contributed by atoms with Crippen molar-refractivity contribution in [3.63, 3.8) is 0 Å². The Morgan fingerprint density at radius 1 is 0.259 bits per heavy atom. The highest BCUT2D eigenvalue weighted by atomic mass is 16.3. The molecular formula is C52H30O2. The van der Waals surface area contributed by atoms with Crippen LogP contribution >= 0.6 is 0 Å². The summed E-state index contributed by atoms with van der Waals surface area (Å²) >= 11 is 0. The molecular weight excluding hydrogens is 657 g/mol. The van der Waals surface area contributed by atoms with Crippen LogP contribution in [0.5, 0.6) is 0 Å². The Hall–Kier alpha value is -7.16. The Balaban J connectivity index is 1.06. The molecule has 2 heteroatoms. The van der Waals surface area contributed by atoms with Crippen LogP contribution in [0.15, 0.2) is 191 Å². The highest BCUT2D eigenvalue weighted by molar-refractivity contribution is 6.25. The Kier molecular flexibility index (Phi) is 6.09. The standard InChI is InChI=1S/C52H30O2/c1-2-13-32(14-3-1)50-39-18-8-10-20-41(39)51(42-21-11-9-19-40(42)50)43-26-25-34(36-16-6-7-17-37(36)43)33-22-24-38-44-29-45-49(30-48(44)54-47(38)28-33)53-46-27-23-31-12-4-5-15-35(31)52(45)46/h1-30H. The highest BCUT2D eigenvalue weighted by Gasteiger charge is 2.20. The van der Waals surface area contributed by atoms with Crippen molar-refractivity contribution in [1.29, 1.82) is 0 Å². The van der Waals surface area contributed by atoms with Crippen LogP contribution in [0.1, 0.15) is 0 Å². The summed E-state index contributed by atoms with van der Waals surface area (Å²) < 4.78 is 13.0. The summed E-state index contributed by atoms with van der Waals surface area (Å²) in [7, 11) is 0. The van der Waals surface area contributed by atoms with Gasteiger partial charge in [-0.05, 0) is 101 Å². The smallest absolute Gasteiger partial charge is 0.139 e. The van der Waals surface area contributed by atoms with E-state index in [1.54, 1.807) is 0 Å². The van der Waals surface area contributed by atoms with Gasteiger partial charge in [0.15, 0.2) is 0 Å². The lowest BCUT2D eigenvalue weighted by Gasteiger charge is -2.19. The van der Waals surface area contributed by atoms with E-state index >= 15 is 0 Å². The number of hydrogen-bond acceptors (Lipinski definition) is 2. The SMILES string of the molecule is c1ccc(-c2c3ccccc3c(-c3ccc(-c4ccc5c(c4)oc4cc6oc7ccc8ccccc8c7c6cc45)c4ccccc34)c3ccccc23)cc1. The van der Waals surface area contributed by atoms with Crippen molar-refractivity contribution in [1.82, 2.24) is 0 Å². The second kappa shape index (κ2) is 11.2. The van der Waals surface area contributed by atoms with E-state index < -0.39 is 0 Å². The van der Waals surface area contributed by atoms with Gasteiger partial charge in [0, 0.05) is 27.6 Å². The molecule has 0 saturated heterocycles. The monoisotopic (exact) mass is 686 g/mol. The number of furan rings is 2. The number of fused-ring (bicyclic) bond motifs is 11. The Bertz CT molecular complexity index is 3430. The fraction of sp³-hybridized carbons (Fsp3) is 0. The first-order valence-corrected chi connectivity index (χ1v) is 18.5. The summed E-state index contributed by atoms with van der Waals surface area (Å²) in [6.07, 6.45) is 0. The Morgan fingerprint density at radius 2 is 0.815 bits per heavy atom. The van der Waals surface area contributed by atoms with Gasteiger partial charge in [-0.2, -0.15) is 0 Å². The zero-order chi connectivity index (χ0) is 35.3. The maximum atomic E-state index is 6.60. The maximum Gasteiger partial charge on any atom is 0.139 e. The van der Waals surface area contributed by atoms with Crippen LogP contribution in [0.2, 0.25) is 0 Å². The normalized spacial score (nSPS) is 12.1. The van der Waals surface area contributed by atoms with E-state index in [-0.39, 0.29) is 0 Å². The third-order valence-corrected chi connectivity index (χ3v) is 11.5. The molecule has 0 aliphatic heterocycles. The van der Waals surface area contributed by atoms with Crippen LogP contribution in [-0.4, -0.2) is 0 Å². The van der Waals surface area contributed by atoms with Gasteiger partial charge < -0.3 is 8.83 Å². The van der Waals surface area contributed by atoms with Gasteiger partial charge in [0.05, 0.1) is 0 Å². The molecule has 10 aromatic carbocycles. The molecule has 0 bridgehead atoms. The van der Waals surface area contributed by atoms with E-state index in [1.165, 1.54) is 70.9 Å². The topological polar surface area (TPSA) is 26.3 Å². The Morgan fingerprint density at radius 3 is 1.56 bits per heavy atom. The average molecular weight is 687 g/mol. The van der Waals surface area contributed by atoms with Crippen molar-refractivity contribution in [2.75, 3.05) is 0 Å². The van der Waals surface area contributed by atoms with E-state index in [4.69, 9.17) is 8.83 Å². The first-order chi connectivity index (χ1) is 26.8. The molecule has 54 heavy (non-hydrogen) atoms. The van der Waals surface area contributed by atoms with Crippen LogP contribution in [0.4, 0.5) is 0 Å². The van der Waals surface area contributed by atoms with E-state index in [0.717, 1.165) is 49.4 Å². The maximum absolute atomic E-state index is 6.60. The molecule has 0 amide bonds. The predicted octanol–water partition coefficient (Wildman–Crippen LogP) is 15.1. The average Bonchev–Trinajstić information content (AvgIpc) is 3.78. The van der Waals surface area contributed by atoms with Gasteiger partial charge in [-0.3, -0.25) is 0 Å². The Labute approximate surface area is 310 Å². The van der Waals surface area contributed by atoms with Crippen LogP contribution < -0.4 is 0 Å². The molecule has 12 aromatic rings. The molecule has 2 heterocycles. The summed E-state index contributed by atoms with van der Waals surface area (Å²) in [6.45, 7) is 0. The third kappa shape index (κ3) is 4.17. The van der Waals surface area contributed by atoms with Crippen molar-refractivity contribution in [2.24, 2.45) is 0 Å². The third-order valence-electron chi connectivity index (χ3n) is 11.5. The van der Waals surface area contributed by atoms with Gasteiger partial charge in [-0.1, -0.05) is 152 Å². The molecule has 0 unspecified atom stereocenters. The second-order valence-corrected chi connectivity index (χ2v) is 14.3. The summed E-state index contributed by atoms with van der Waals surface area (Å²) in [4.78, 5) is 0. The summed E-state index contributed by atoms with van der Waals surface area (Å²) in [5, 5.41) is 14.3. The van der Waals surface area contributed by atoms with Gasteiger partial charge >= 0.3 is 0 Å². The molecule has 12 rings (SSSR count). The van der Waals surface area contributed by atoms with Crippen LogP contribution in [0.3, 0.4) is 0 Å². The van der Waals surface area contributed by atoms with Crippen molar-refractivity contribution in [2.45, 2.75) is 0 Å². The van der Waals surface area contributed by atoms with Crippen LogP contribution in [0.25, 0.3) is 120 Å². The number of hydrogen-bond donors (Lipinski definition) is 0. The molecule has 0 spiro atoms. The van der Waals surface area contributed by atoms with E-state index in [9.17, 15) is 0 Å². The largest absolute Gasteiger partial charge is 0.456 e. The first-order valence-electron chi connectivity index (χ1n) is 18.5. The first kappa shape index (κ1) is 29.4. The molecule has 2 aromatic heterocycles. The number of rotatable bonds is 3. The van der Waals surface area contributed by atoms with Gasteiger partial charge in [0.2, 0.25) is 0 Å². The van der Waals surface area contributed by atoms with Gasteiger partial charge in [0.25, 0.3) is 0 Å². The molecule has 0 saturated carbocycles. The number of benzene rings is 10. The lowest BCUT2D eigenvalue weighted by Crippen LogP contribution is -1.92.